The van der Waals surface area contributed by atoms with Gasteiger partial charge in [0, 0.05) is 11.3 Å². The number of nitrogens with one attached hydrogen (secondary N) is 1. The van der Waals surface area contributed by atoms with E-state index in [1.54, 1.807) is 30.3 Å². The van der Waals surface area contributed by atoms with Gasteiger partial charge in [-0.2, -0.15) is 0 Å². The van der Waals surface area contributed by atoms with Crippen molar-refractivity contribution in [3.8, 4) is 11.1 Å². The standard InChI is InChI=1S/C22H19NO3/c1-14-6-8-16(9-7-14)21(24)23-19-5-3-4-17(13-19)20-11-10-18(22(25)26)12-15(20)2/h3-13H,1-2H3,(H,23,24)(H,25,26). The lowest BCUT2D eigenvalue weighted by atomic mass is 9.98. The van der Waals surface area contributed by atoms with Gasteiger partial charge in [-0.1, -0.05) is 35.9 Å². The van der Waals surface area contributed by atoms with E-state index in [2.05, 4.69) is 5.32 Å². The highest BCUT2D eigenvalue weighted by Gasteiger charge is 2.09. The van der Waals surface area contributed by atoms with Crippen LogP contribution in [0.5, 0.6) is 0 Å². The van der Waals surface area contributed by atoms with Crippen LogP contribution in [-0.2, 0) is 0 Å². The number of carbonyl (C=O) groups excluding carboxylic acids is 1. The molecule has 0 atom stereocenters. The Morgan fingerprint density at radius 3 is 2.19 bits per heavy atom. The number of aromatic carboxylic acids is 1. The number of rotatable bonds is 4. The molecule has 130 valence electrons. The number of aryl methyl sites for hydroxylation is 2. The molecule has 0 bridgehead atoms. The van der Waals surface area contributed by atoms with Crippen molar-refractivity contribution in [2.24, 2.45) is 0 Å². The molecule has 0 radical (unpaired) electrons. The molecule has 2 N–H and O–H groups in total. The molecule has 1 amide bonds. The summed E-state index contributed by atoms with van der Waals surface area (Å²) in [6.07, 6.45) is 0. The van der Waals surface area contributed by atoms with Crippen molar-refractivity contribution in [1.29, 1.82) is 0 Å². The Bertz CT molecular complexity index is 975. The van der Waals surface area contributed by atoms with E-state index in [0.29, 0.717) is 11.3 Å². The van der Waals surface area contributed by atoms with Crippen molar-refractivity contribution in [2.45, 2.75) is 13.8 Å². The van der Waals surface area contributed by atoms with Crippen LogP contribution in [0.1, 0.15) is 31.8 Å². The highest BCUT2D eigenvalue weighted by molar-refractivity contribution is 6.04. The second kappa shape index (κ2) is 7.23. The molecule has 0 aromatic heterocycles. The highest BCUT2D eigenvalue weighted by Crippen LogP contribution is 2.27. The van der Waals surface area contributed by atoms with Crippen LogP contribution >= 0.6 is 0 Å². The Morgan fingerprint density at radius 1 is 0.846 bits per heavy atom. The monoisotopic (exact) mass is 345 g/mol. The maximum atomic E-state index is 12.4. The van der Waals surface area contributed by atoms with E-state index in [-0.39, 0.29) is 11.5 Å². The van der Waals surface area contributed by atoms with Gasteiger partial charge < -0.3 is 10.4 Å². The molecule has 0 aliphatic rings. The quantitative estimate of drug-likeness (QED) is 0.705. The van der Waals surface area contributed by atoms with Crippen LogP contribution in [-0.4, -0.2) is 17.0 Å². The molecule has 4 nitrogen and oxygen atoms in total. The Morgan fingerprint density at radius 2 is 1.54 bits per heavy atom. The zero-order valence-electron chi connectivity index (χ0n) is 14.6. The van der Waals surface area contributed by atoms with Crippen molar-refractivity contribution < 1.29 is 14.7 Å². The molecule has 3 aromatic rings. The van der Waals surface area contributed by atoms with Gasteiger partial charge in [0.25, 0.3) is 5.91 Å². The molecule has 26 heavy (non-hydrogen) atoms. The summed E-state index contributed by atoms with van der Waals surface area (Å²) in [5, 5.41) is 12.0. The molecule has 4 heteroatoms. The highest BCUT2D eigenvalue weighted by atomic mass is 16.4. The number of hydrogen-bond donors (Lipinski definition) is 2. The third-order valence-corrected chi connectivity index (χ3v) is 4.22. The second-order valence-corrected chi connectivity index (χ2v) is 6.24. The molecule has 0 spiro atoms. The SMILES string of the molecule is Cc1ccc(C(=O)Nc2cccc(-c3ccc(C(=O)O)cc3C)c2)cc1. The first-order chi connectivity index (χ1) is 12.4. The van der Waals surface area contributed by atoms with Gasteiger partial charge in [-0.05, 0) is 66.9 Å². The third-order valence-electron chi connectivity index (χ3n) is 4.22. The summed E-state index contributed by atoms with van der Waals surface area (Å²) < 4.78 is 0. The number of benzene rings is 3. The van der Waals surface area contributed by atoms with Crippen LogP contribution in [0.15, 0.2) is 66.7 Å². The summed E-state index contributed by atoms with van der Waals surface area (Å²) in [4.78, 5) is 23.5. The number of carbonyl (C=O) groups is 2. The lowest BCUT2D eigenvalue weighted by molar-refractivity contribution is 0.0696. The number of carboxylic acids is 1. The van der Waals surface area contributed by atoms with Gasteiger partial charge in [0.05, 0.1) is 5.56 Å². The lowest BCUT2D eigenvalue weighted by Crippen LogP contribution is -2.11. The molecule has 3 aromatic carbocycles. The fourth-order valence-corrected chi connectivity index (χ4v) is 2.79. The fraction of sp³-hybridized carbons (Fsp3) is 0.0909. The molecule has 0 aliphatic heterocycles. The van der Waals surface area contributed by atoms with Gasteiger partial charge in [-0.25, -0.2) is 4.79 Å². The normalized spacial score (nSPS) is 10.4. The second-order valence-electron chi connectivity index (χ2n) is 6.24. The van der Waals surface area contributed by atoms with Gasteiger partial charge >= 0.3 is 5.97 Å². The largest absolute Gasteiger partial charge is 0.478 e. The predicted octanol–water partition coefficient (Wildman–Crippen LogP) is 4.92. The van der Waals surface area contributed by atoms with Crippen LogP contribution in [0.25, 0.3) is 11.1 Å². The molecular formula is C22H19NO3. The summed E-state index contributed by atoms with van der Waals surface area (Å²) in [6, 6.07) is 19.9. The molecule has 0 fully saturated rings. The maximum absolute atomic E-state index is 12.4. The van der Waals surface area contributed by atoms with Crippen molar-refractivity contribution in [2.75, 3.05) is 5.32 Å². The lowest BCUT2D eigenvalue weighted by Gasteiger charge is -2.10. The summed E-state index contributed by atoms with van der Waals surface area (Å²) in [6.45, 7) is 3.85. The average Bonchev–Trinajstić information content (AvgIpc) is 2.62. The van der Waals surface area contributed by atoms with Crippen molar-refractivity contribution in [3.63, 3.8) is 0 Å². The molecule has 0 unspecified atom stereocenters. The molecule has 3 rings (SSSR count). The first kappa shape index (κ1) is 17.4. The first-order valence-corrected chi connectivity index (χ1v) is 8.26. The minimum Gasteiger partial charge on any atom is -0.478 e. The van der Waals surface area contributed by atoms with Gasteiger partial charge in [-0.15, -0.1) is 0 Å². The Balaban J connectivity index is 1.85. The maximum Gasteiger partial charge on any atom is 0.335 e. The molecule has 0 heterocycles. The van der Waals surface area contributed by atoms with Gasteiger partial charge in [0.1, 0.15) is 0 Å². The van der Waals surface area contributed by atoms with Crippen LogP contribution < -0.4 is 5.32 Å². The van der Waals surface area contributed by atoms with Crippen molar-refractivity contribution >= 4 is 17.6 Å². The molecule has 0 saturated heterocycles. The smallest absolute Gasteiger partial charge is 0.335 e. The van der Waals surface area contributed by atoms with E-state index in [1.807, 2.05) is 50.2 Å². The van der Waals surface area contributed by atoms with Crippen LogP contribution in [0.4, 0.5) is 5.69 Å². The minimum absolute atomic E-state index is 0.167. The zero-order chi connectivity index (χ0) is 18.7. The predicted molar refractivity (Wildman–Crippen MR) is 103 cm³/mol. The van der Waals surface area contributed by atoms with E-state index >= 15 is 0 Å². The van der Waals surface area contributed by atoms with Gasteiger partial charge in [0.15, 0.2) is 0 Å². The number of anilines is 1. The summed E-state index contributed by atoms with van der Waals surface area (Å²) >= 11 is 0. The van der Waals surface area contributed by atoms with Crippen LogP contribution in [0, 0.1) is 13.8 Å². The molecule has 0 saturated carbocycles. The fourth-order valence-electron chi connectivity index (χ4n) is 2.79. The summed E-state index contributed by atoms with van der Waals surface area (Å²) in [5.74, 6) is -1.11. The Kier molecular flexibility index (Phi) is 4.85. The zero-order valence-corrected chi connectivity index (χ0v) is 14.6. The average molecular weight is 345 g/mol. The Labute approximate surface area is 152 Å². The summed E-state index contributed by atoms with van der Waals surface area (Å²) in [7, 11) is 0. The molecule has 0 aliphatic carbocycles. The number of carboxylic acid groups (broad SMARTS) is 1. The third kappa shape index (κ3) is 3.81. The number of amides is 1. The van der Waals surface area contributed by atoms with Gasteiger partial charge in [0.2, 0.25) is 0 Å². The van der Waals surface area contributed by atoms with Crippen LogP contribution in [0.3, 0.4) is 0 Å². The van der Waals surface area contributed by atoms with E-state index in [1.165, 1.54) is 0 Å². The van der Waals surface area contributed by atoms with E-state index in [4.69, 9.17) is 5.11 Å². The van der Waals surface area contributed by atoms with E-state index in [9.17, 15) is 9.59 Å². The Hall–Kier alpha value is -3.40. The van der Waals surface area contributed by atoms with E-state index in [0.717, 1.165) is 22.3 Å². The minimum atomic E-state index is -0.946. The first-order valence-electron chi connectivity index (χ1n) is 8.26. The number of hydrogen-bond acceptors (Lipinski definition) is 2. The summed E-state index contributed by atoms with van der Waals surface area (Å²) in [5.41, 5.74) is 5.37. The van der Waals surface area contributed by atoms with Crippen LogP contribution in [0.2, 0.25) is 0 Å². The van der Waals surface area contributed by atoms with Gasteiger partial charge in [-0.3, -0.25) is 4.79 Å². The topological polar surface area (TPSA) is 66.4 Å². The van der Waals surface area contributed by atoms with Crippen molar-refractivity contribution in [3.05, 3.63) is 89.0 Å². The van der Waals surface area contributed by atoms with E-state index < -0.39 is 5.97 Å². The van der Waals surface area contributed by atoms with Crippen molar-refractivity contribution in [1.82, 2.24) is 0 Å². The molecular weight excluding hydrogens is 326 g/mol.